The van der Waals surface area contributed by atoms with Crippen LogP contribution in [0.25, 0.3) is 0 Å². The molecule has 1 N–H and O–H groups in total. The molecule has 1 saturated carbocycles. The number of rotatable bonds is 0. The zero-order chi connectivity index (χ0) is 5.61. The fourth-order valence-corrected chi connectivity index (χ4v) is 1.32. The summed E-state index contributed by atoms with van der Waals surface area (Å²) < 4.78 is 7.28. The molecule has 2 aliphatic rings. The van der Waals surface area contributed by atoms with E-state index in [0.717, 1.165) is 12.8 Å². The van der Waals surface area contributed by atoms with E-state index in [4.69, 9.17) is 1.37 Å². The largest absolute Gasteiger partial charge is 0.316 e. The second-order valence-corrected chi connectivity index (χ2v) is 2.80. The summed E-state index contributed by atoms with van der Waals surface area (Å²) in [5.74, 6) is 0. The van der Waals surface area contributed by atoms with Crippen LogP contribution in [0, 0.1) is 5.41 Å². The van der Waals surface area contributed by atoms with Crippen molar-refractivity contribution in [1.29, 1.82) is 0 Å². The molecule has 2 fully saturated rings. The third-order valence-corrected chi connectivity index (χ3v) is 2.15. The maximum atomic E-state index is 7.28. The zero-order valence-corrected chi connectivity index (χ0v) is 6.53. The van der Waals surface area contributed by atoms with Crippen LogP contribution >= 0.6 is 17.0 Å². The van der Waals surface area contributed by atoms with Crippen molar-refractivity contribution < 1.29 is 1.37 Å². The first-order chi connectivity index (χ1) is 3.81. The van der Waals surface area contributed by atoms with Gasteiger partial charge >= 0.3 is 0 Å². The summed E-state index contributed by atoms with van der Waals surface area (Å²) in [7, 11) is 0. The molecule has 0 amide bonds. The lowest BCUT2D eigenvalue weighted by Gasteiger charge is -2.49. The fourth-order valence-electron chi connectivity index (χ4n) is 1.32. The van der Waals surface area contributed by atoms with Crippen LogP contribution in [0.15, 0.2) is 0 Å². The fraction of sp³-hybridized carbons (Fsp3) is 1.00. The number of hydrogen-bond acceptors (Lipinski definition) is 1. The smallest absolute Gasteiger partial charge is 0.0267 e. The Morgan fingerprint density at radius 3 is 2.12 bits per heavy atom. The van der Waals surface area contributed by atoms with E-state index in [1.54, 1.807) is 0 Å². The van der Waals surface area contributed by atoms with Crippen LogP contribution in [0.4, 0.5) is 0 Å². The maximum absolute atomic E-state index is 7.28. The van der Waals surface area contributed by atoms with Crippen molar-refractivity contribution in [2.24, 2.45) is 5.41 Å². The van der Waals surface area contributed by atoms with Crippen molar-refractivity contribution >= 4 is 17.0 Å². The molecule has 0 aromatic heterocycles. The van der Waals surface area contributed by atoms with E-state index in [1.807, 2.05) is 0 Å². The summed E-state index contributed by atoms with van der Waals surface area (Å²) in [6.45, 7) is 2.37. The lowest BCUT2D eigenvalue weighted by molar-refractivity contribution is 0.0603. The van der Waals surface area contributed by atoms with Crippen molar-refractivity contribution in [3.05, 3.63) is 0 Å². The third kappa shape index (κ3) is 0.705. The molecule has 0 atom stereocenters. The topological polar surface area (TPSA) is 12.0 Å². The van der Waals surface area contributed by atoms with Crippen molar-refractivity contribution in [2.45, 2.75) is 19.2 Å². The zero-order valence-electron chi connectivity index (χ0n) is 5.81. The summed E-state index contributed by atoms with van der Waals surface area (Å²) in [6.07, 6.45) is 2.58. The Balaban J connectivity index is 0.000000405. The highest BCUT2D eigenvalue weighted by molar-refractivity contribution is 8.93. The first-order valence-electron chi connectivity index (χ1n) is 3.52. The van der Waals surface area contributed by atoms with Crippen LogP contribution in [-0.2, 0) is 0 Å². The van der Waals surface area contributed by atoms with Crippen molar-refractivity contribution in [3.63, 3.8) is 0 Å². The molecule has 1 spiro atoms. The first-order valence-corrected chi connectivity index (χ1v) is 2.94. The van der Waals surface area contributed by atoms with Crippen LogP contribution in [-0.4, -0.2) is 13.1 Å². The van der Waals surface area contributed by atoms with Gasteiger partial charge in [-0.1, -0.05) is 6.40 Å². The average Bonchev–Trinajstić information content (AvgIpc) is 1.51. The number of halogens is 1. The normalized spacial score (nSPS) is 34.2. The van der Waals surface area contributed by atoms with Gasteiger partial charge in [-0.2, -0.15) is 0 Å². The Morgan fingerprint density at radius 2 is 2.00 bits per heavy atom. The summed E-state index contributed by atoms with van der Waals surface area (Å²) in [6, 6.07) is 0. The minimum atomic E-state index is 0. The summed E-state index contributed by atoms with van der Waals surface area (Å²) in [4.78, 5) is 0. The van der Waals surface area contributed by atoms with E-state index >= 15 is 0 Å². The Morgan fingerprint density at radius 1 is 1.38 bits per heavy atom. The molecule has 1 saturated heterocycles. The van der Waals surface area contributed by atoms with Gasteiger partial charge in [-0.15, -0.1) is 17.0 Å². The maximum Gasteiger partial charge on any atom is 0.0267 e. The van der Waals surface area contributed by atoms with E-state index < -0.39 is 0 Å². The molecule has 1 nitrogen and oxygen atoms in total. The van der Waals surface area contributed by atoms with Crippen molar-refractivity contribution in [1.82, 2.24) is 5.32 Å². The summed E-state index contributed by atoms with van der Waals surface area (Å²) in [5, 5.41) is 3.24. The molecule has 0 radical (unpaired) electrons. The number of hydrogen-bond donors (Lipinski definition) is 1. The molecule has 0 aromatic rings. The van der Waals surface area contributed by atoms with E-state index in [0.29, 0.717) is 5.41 Å². The molecule has 2 rings (SSSR count). The van der Waals surface area contributed by atoms with E-state index in [1.165, 1.54) is 13.1 Å². The predicted molar refractivity (Wildman–Crippen MR) is 39.5 cm³/mol. The SMILES string of the molecule is Br.[2H]C1CC2(CNC2)C1. The molecular weight excluding hydrogens is 166 g/mol. The minimum absolute atomic E-state index is 0. The van der Waals surface area contributed by atoms with E-state index in [-0.39, 0.29) is 23.4 Å². The lowest BCUT2D eigenvalue weighted by atomic mass is 9.65. The van der Waals surface area contributed by atoms with Gasteiger partial charge in [0.1, 0.15) is 0 Å². The molecule has 8 heavy (non-hydrogen) atoms. The van der Waals surface area contributed by atoms with Gasteiger partial charge in [-0.3, -0.25) is 0 Å². The Labute approximate surface area is 62.0 Å². The second kappa shape index (κ2) is 1.99. The van der Waals surface area contributed by atoms with Gasteiger partial charge in [0.15, 0.2) is 0 Å². The van der Waals surface area contributed by atoms with Crippen LogP contribution in [0.1, 0.15) is 20.6 Å². The molecule has 0 aromatic carbocycles. The highest BCUT2D eigenvalue weighted by Gasteiger charge is 2.41. The Hall–Kier alpha value is 0.440. The molecule has 1 aliphatic carbocycles. The lowest BCUT2D eigenvalue weighted by Crippen LogP contribution is -2.57. The van der Waals surface area contributed by atoms with Crippen molar-refractivity contribution in [3.8, 4) is 0 Å². The van der Waals surface area contributed by atoms with Gasteiger partial charge in [-0.25, -0.2) is 0 Å². The molecule has 2 heteroatoms. The van der Waals surface area contributed by atoms with Gasteiger partial charge in [-0.05, 0) is 18.3 Å². The van der Waals surface area contributed by atoms with Gasteiger partial charge in [0, 0.05) is 14.5 Å². The quantitative estimate of drug-likeness (QED) is 0.591. The van der Waals surface area contributed by atoms with E-state index in [9.17, 15) is 0 Å². The van der Waals surface area contributed by atoms with E-state index in [2.05, 4.69) is 5.32 Å². The highest BCUT2D eigenvalue weighted by atomic mass is 79.9. The van der Waals surface area contributed by atoms with Gasteiger partial charge in [0.25, 0.3) is 0 Å². The van der Waals surface area contributed by atoms with Crippen molar-refractivity contribution in [2.75, 3.05) is 13.1 Å². The van der Waals surface area contributed by atoms with Gasteiger partial charge in [0.05, 0.1) is 0 Å². The third-order valence-electron chi connectivity index (χ3n) is 2.15. The molecule has 0 bridgehead atoms. The van der Waals surface area contributed by atoms with Crippen LogP contribution in [0.5, 0.6) is 0 Å². The Kier molecular flexibility index (Phi) is 1.31. The molecule has 1 heterocycles. The summed E-state index contributed by atoms with van der Waals surface area (Å²) >= 11 is 0. The molecular formula is C6H12BrN. The molecule has 1 aliphatic heterocycles. The highest BCUT2D eigenvalue weighted by Crippen LogP contribution is 2.43. The minimum Gasteiger partial charge on any atom is -0.316 e. The van der Waals surface area contributed by atoms with Crippen LogP contribution < -0.4 is 5.32 Å². The van der Waals surface area contributed by atoms with Crippen LogP contribution in [0.2, 0.25) is 0 Å². The Bertz CT molecular complexity index is 106. The second-order valence-electron chi connectivity index (χ2n) is 2.80. The summed E-state index contributed by atoms with van der Waals surface area (Å²) in [5.41, 5.74) is 0.617. The molecule has 48 valence electrons. The standard InChI is InChI=1S/C6H11N.BrH/c1-2-6(3-1)4-7-5-6;/h7H,1-5H2;1H/i1D;. The molecule has 0 unspecified atom stereocenters. The average molecular weight is 179 g/mol. The van der Waals surface area contributed by atoms with Gasteiger partial charge < -0.3 is 5.32 Å². The monoisotopic (exact) mass is 178 g/mol. The predicted octanol–water partition coefficient (Wildman–Crippen LogP) is 1.34. The first kappa shape index (κ1) is 5.24. The number of nitrogens with one attached hydrogen (secondary N) is 1. The van der Waals surface area contributed by atoms with Crippen LogP contribution in [0.3, 0.4) is 0 Å². The van der Waals surface area contributed by atoms with Gasteiger partial charge in [0.2, 0.25) is 0 Å².